The van der Waals surface area contributed by atoms with Gasteiger partial charge in [0.2, 0.25) is 5.16 Å². The van der Waals surface area contributed by atoms with E-state index in [2.05, 4.69) is 53.4 Å². The topological polar surface area (TPSA) is 100 Å². The molecule has 0 saturated carbocycles. The van der Waals surface area contributed by atoms with E-state index in [1.54, 1.807) is 9.36 Å². The first-order chi connectivity index (χ1) is 9.43. The molecule has 2 aromatic rings. The Morgan fingerprint density at radius 3 is 2.55 bits per heavy atom. The molecule has 0 aliphatic heterocycles. The molecule has 110 valence electrons. The largest absolute Gasteiger partial charge is 0.336 e. The average Bonchev–Trinajstić information content (AvgIpc) is 2.93. The fourth-order valence-electron chi connectivity index (χ4n) is 1.73. The highest BCUT2D eigenvalue weighted by atomic mass is 32.2. The molecule has 2 rings (SSSR count). The van der Waals surface area contributed by atoms with Crippen LogP contribution in [0.3, 0.4) is 0 Å². The van der Waals surface area contributed by atoms with Crippen LogP contribution in [0.1, 0.15) is 45.8 Å². The van der Waals surface area contributed by atoms with Crippen molar-refractivity contribution in [2.24, 2.45) is 0 Å². The summed E-state index contributed by atoms with van der Waals surface area (Å²) in [5.41, 5.74) is -0.135. The molecule has 0 fully saturated rings. The number of rotatable bonds is 5. The third-order valence-electron chi connectivity index (χ3n) is 2.71. The van der Waals surface area contributed by atoms with Crippen LogP contribution >= 0.6 is 11.8 Å². The molecule has 0 aromatic carbocycles. The standard InChI is InChI=1S/C11H20N8S/c1-5-6-18-8(13-16-17-18)7-20-10-15-14-9(19(10)12)11(2,3)4/h5-7,12H2,1-4H3. The zero-order valence-corrected chi connectivity index (χ0v) is 13.1. The first-order valence-electron chi connectivity index (χ1n) is 6.52. The molecule has 8 nitrogen and oxygen atoms in total. The molecule has 0 aliphatic rings. The third-order valence-corrected chi connectivity index (χ3v) is 3.65. The maximum Gasteiger partial charge on any atom is 0.210 e. The van der Waals surface area contributed by atoms with Crippen LogP contribution in [-0.4, -0.2) is 35.1 Å². The van der Waals surface area contributed by atoms with Gasteiger partial charge >= 0.3 is 0 Å². The van der Waals surface area contributed by atoms with Crippen molar-refractivity contribution in [2.75, 3.05) is 5.84 Å². The fraction of sp³-hybridized carbons (Fsp3) is 0.727. The van der Waals surface area contributed by atoms with Crippen molar-refractivity contribution >= 4 is 11.8 Å². The van der Waals surface area contributed by atoms with E-state index in [1.807, 2.05) is 0 Å². The number of tetrazole rings is 1. The van der Waals surface area contributed by atoms with Gasteiger partial charge in [0.1, 0.15) is 0 Å². The minimum atomic E-state index is -0.135. The van der Waals surface area contributed by atoms with Crippen LogP contribution in [-0.2, 0) is 17.7 Å². The Hall–Kier alpha value is -1.64. The van der Waals surface area contributed by atoms with Crippen LogP contribution in [0.25, 0.3) is 0 Å². The van der Waals surface area contributed by atoms with E-state index in [4.69, 9.17) is 5.84 Å². The minimum absolute atomic E-state index is 0.135. The predicted molar refractivity (Wildman–Crippen MR) is 76.5 cm³/mol. The van der Waals surface area contributed by atoms with Crippen molar-refractivity contribution in [1.82, 2.24) is 35.1 Å². The van der Waals surface area contributed by atoms with Gasteiger partial charge in [0.05, 0.1) is 5.75 Å². The number of hydrogen-bond acceptors (Lipinski definition) is 7. The second-order valence-corrected chi connectivity index (χ2v) is 6.48. The van der Waals surface area contributed by atoms with Crippen molar-refractivity contribution in [3.8, 4) is 0 Å². The molecular formula is C11H20N8S. The molecule has 0 bridgehead atoms. The lowest BCUT2D eigenvalue weighted by molar-refractivity contribution is 0.523. The molecule has 0 saturated heterocycles. The number of aromatic nitrogens is 7. The average molecular weight is 296 g/mol. The summed E-state index contributed by atoms with van der Waals surface area (Å²) >= 11 is 1.48. The number of nitrogen functional groups attached to an aromatic ring is 1. The van der Waals surface area contributed by atoms with Gasteiger partial charge in [-0.1, -0.05) is 39.5 Å². The predicted octanol–water partition coefficient (Wildman–Crippen LogP) is 0.978. The summed E-state index contributed by atoms with van der Waals surface area (Å²) in [5, 5.41) is 20.6. The summed E-state index contributed by atoms with van der Waals surface area (Å²) in [5.74, 6) is 8.23. The molecule has 2 heterocycles. The van der Waals surface area contributed by atoms with Crippen molar-refractivity contribution in [2.45, 2.75) is 57.0 Å². The normalized spacial score (nSPS) is 12.0. The Bertz CT molecular complexity index is 567. The summed E-state index contributed by atoms with van der Waals surface area (Å²) in [6.07, 6.45) is 0.990. The van der Waals surface area contributed by atoms with E-state index in [1.165, 1.54) is 11.8 Å². The number of thioether (sulfide) groups is 1. The monoisotopic (exact) mass is 296 g/mol. The Morgan fingerprint density at radius 1 is 1.20 bits per heavy atom. The molecule has 2 N–H and O–H groups in total. The van der Waals surface area contributed by atoms with Crippen LogP contribution < -0.4 is 5.84 Å². The summed E-state index contributed by atoms with van der Waals surface area (Å²) in [7, 11) is 0. The lowest BCUT2D eigenvalue weighted by atomic mass is 9.96. The smallest absolute Gasteiger partial charge is 0.210 e. The van der Waals surface area contributed by atoms with E-state index in [9.17, 15) is 0 Å². The lowest BCUT2D eigenvalue weighted by Crippen LogP contribution is -2.24. The Labute approximate surface area is 122 Å². The van der Waals surface area contributed by atoms with Crippen LogP contribution in [0.15, 0.2) is 5.16 Å². The molecule has 0 spiro atoms. The molecule has 0 radical (unpaired) electrons. The van der Waals surface area contributed by atoms with E-state index < -0.39 is 0 Å². The summed E-state index contributed by atoms with van der Waals surface area (Å²) in [6.45, 7) is 9.06. The second-order valence-electron chi connectivity index (χ2n) is 5.53. The maximum atomic E-state index is 6.04. The summed E-state index contributed by atoms with van der Waals surface area (Å²) in [6, 6.07) is 0. The van der Waals surface area contributed by atoms with Crippen LogP contribution in [0.4, 0.5) is 0 Å². The van der Waals surface area contributed by atoms with Gasteiger partial charge < -0.3 is 5.84 Å². The third kappa shape index (κ3) is 3.09. The SMILES string of the molecule is CCCn1nnnc1CSc1nnc(C(C)(C)C)n1N. The second kappa shape index (κ2) is 5.78. The molecule has 0 unspecified atom stereocenters. The Balaban J connectivity index is 2.08. The highest BCUT2D eigenvalue weighted by molar-refractivity contribution is 7.98. The van der Waals surface area contributed by atoms with Gasteiger partial charge in [0.25, 0.3) is 0 Å². The number of nitrogens with zero attached hydrogens (tertiary/aromatic N) is 7. The number of hydrogen-bond donors (Lipinski definition) is 1. The first-order valence-corrected chi connectivity index (χ1v) is 7.51. The molecule has 2 aromatic heterocycles. The van der Waals surface area contributed by atoms with E-state index in [-0.39, 0.29) is 5.41 Å². The van der Waals surface area contributed by atoms with Crippen LogP contribution in [0.2, 0.25) is 0 Å². The maximum absolute atomic E-state index is 6.04. The van der Waals surface area contributed by atoms with Gasteiger partial charge in [0, 0.05) is 12.0 Å². The van der Waals surface area contributed by atoms with Crippen molar-refractivity contribution in [3.05, 3.63) is 11.6 Å². The van der Waals surface area contributed by atoms with E-state index in [0.717, 1.165) is 24.6 Å². The minimum Gasteiger partial charge on any atom is -0.336 e. The van der Waals surface area contributed by atoms with E-state index in [0.29, 0.717) is 10.9 Å². The quantitative estimate of drug-likeness (QED) is 0.648. The van der Waals surface area contributed by atoms with Crippen molar-refractivity contribution in [1.29, 1.82) is 0 Å². The Kier molecular flexibility index (Phi) is 4.26. The van der Waals surface area contributed by atoms with Gasteiger partial charge in [-0.25, -0.2) is 9.36 Å². The molecule has 0 aliphatic carbocycles. The van der Waals surface area contributed by atoms with Gasteiger partial charge in [-0.15, -0.1) is 15.3 Å². The fourth-order valence-corrected chi connectivity index (χ4v) is 2.52. The van der Waals surface area contributed by atoms with Crippen molar-refractivity contribution in [3.63, 3.8) is 0 Å². The first kappa shape index (κ1) is 14.8. The van der Waals surface area contributed by atoms with Gasteiger partial charge in [0.15, 0.2) is 11.6 Å². The van der Waals surface area contributed by atoms with Crippen LogP contribution in [0, 0.1) is 0 Å². The van der Waals surface area contributed by atoms with Crippen molar-refractivity contribution < 1.29 is 0 Å². The molecule has 0 atom stereocenters. The molecular weight excluding hydrogens is 276 g/mol. The molecule has 20 heavy (non-hydrogen) atoms. The zero-order valence-electron chi connectivity index (χ0n) is 12.2. The number of aryl methyl sites for hydroxylation is 1. The lowest BCUT2D eigenvalue weighted by Gasteiger charge is -2.16. The number of nitrogens with two attached hydrogens (primary N) is 1. The highest BCUT2D eigenvalue weighted by Gasteiger charge is 2.23. The molecule has 9 heteroatoms. The Morgan fingerprint density at radius 2 is 1.95 bits per heavy atom. The zero-order chi connectivity index (χ0) is 14.8. The van der Waals surface area contributed by atoms with E-state index >= 15 is 0 Å². The summed E-state index contributed by atoms with van der Waals surface area (Å²) < 4.78 is 3.34. The van der Waals surface area contributed by atoms with Gasteiger partial charge in [-0.3, -0.25) is 0 Å². The molecule has 0 amide bonds. The van der Waals surface area contributed by atoms with Gasteiger partial charge in [-0.2, -0.15) is 0 Å². The highest BCUT2D eigenvalue weighted by Crippen LogP contribution is 2.24. The summed E-state index contributed by atoms with van der Waals surface area (Å²) in [4.78, 5) is 0. The van der Waals surface area contributed by atoms with Crippen LogP contribution in [0.5, 0.6) is 0 Å². The van der Waals surface area contributed by atoms with Gasteiger partial charge in [-0.05, 0) is 16.8 Å².